The van der Waals surface area contributed by atoms with Gasteiger partial charge in [-0.05, 0) is 133 Å². The first kappa shape index (κ1) is 36.5. The molecule has 5 rings (SSSR count). The molecule has 0 aromatic heterocycles. The van der Waals surface area contributed by atoms with Crippen molar-refractivity contribution < 1.29 is 37.3 Å². The summed E-state index contributed by atoms with van der Waals surface area (Å²) in [5, 5.41) is 9.07. The molecule has 1 N–H and O–H groups in total. The topological polar surface area (TPSA) is 71.5 Å². The molecule has 1 spiro atoms. The van der Waals surface area contributed by atoms with Crippen molar-refractivity contribution in [3.63, 3.8) is 0 Å². The van der Waals surface area contributed by atoms with E-state index >= 15 is 0 Å². The number of benzene rings is 2. The largest absolute Gasteiger partial charge is 0.497 e. The van der Waals surface area contributed by atoms with Gasteiger partial charge in [0.1, 0.15) is 11.5 Å². The van der Waals surface area contributed by atoms with Gasteiger partial charge in [-0.25, -0.2) is 0 Å². The second-order valence-electron chi connectivity index (χ2n) is 15.8. The van der Waals surface area contributed by atoms with Crippen molar-refractivity contribution >= 4 is 5.97 Å². The second-order valence-corrected chi connectivity index (χ2v) is 15.8. The van der Waals surface area contributed by atoms with E-state index in [1.54, 1.807) is 7.11 Å². The van der Waals surface area contributed by atoms with E-state index in [4.69, 9.17) is 19.3 Å². The van der Waals surface area contributed by atoms with Crippen molar-refractivity contribution in [2.24, 2.45) is 10.8 Å². The first-order valence-corrected chi connectivity index (χ1v) is 17.3. The van der Waals surface area contributed by atoms with Crippen molar-refractivity contribution in [3.8, 4) is 11.5 Å². The third-order valence-corrected chi connectivity index (χ3v) is 11.1. The summed E-state index contributed by atoms with van der Waals surface area (Å²) >= 11 is 0. The minimum Gasteiger partial charge on any atom is -0.497 e. The summed E-state index contributed by atoms with van der Waals surface area (Å²) in [6.45, 7) is 9.87. The van der Waals surface area contributed by atoms with Crippen LogP contribution < -0.4 is 9.47 Å². The Hall–Kier alpha value is -2.82. The van der Waals surface area contributed by atoms with E-state index in [0.29, 0.717) is 26.1 Å². The predicted molar refractivity (Wildman–Crippen MR) is 180 cm³/mol. The lowest BCUT2D eigenvalue weighted by Gasteiger charge is -2.51. The van der Waals surface area contributed by atoms with Gasteiger partial charge in [-0.3, -0.25) is 14.6 Å². The Balaban J connectivity index is 1.24. The van der Waals surface area contributed by atoms with Gasteiger partial charge >= 0.3 is 12.1 Å². The van der Waals surface area contributed by atoms with Crippen LogP contribution in [0.15, 0.2) is 48.5 Å². The molecule has 1 atom stereocenters. The van der Waals surface area contributed by atoms with Gasteiger partial charge in [0.05, 0.1) is 30.8 Å². The number of methoxy groups -OCH3 is 1. The molecule has 266 valence electrons. The molecule has 0 unspecified atom stereocenters. The molecule has 0 amide bonds. The van der Waals surface area contributed by atoms with Crippen molar-refractivity contribution in [3.05, 3.63) is 59.7 Å². The van der Waals surface area contributed by atoms with E-state index in [1.165, 1.54) is 19.4 Å². The van der Waals surface area contributed by atoms with Crippen LogP contribution in [0.2, 0.25) is 0 Å². The highest BCUT2D eigenvalue weighted by molar-refractivity contribution is 5.69. The van der Waals surface area contributed by atoms with Gasteiger partial charge in [-0.2, -0.15) is 13.2 Å². The standard InChI is InChI=1S/C38H53F3N2O5/c1-34(2,38(39,40)41)27-43(20-16-37(17-21-47-35(3,4)26-37)29-8-12-30(46-5)13-9-29)24-28-6-10-31(11-7-28)48-32-22-36(23-32)14-18-42(19-15-36)25-33(44)45/h6-13,32H,14-27H2,1-5H3,(H,44,45)/t37-/m1/s1. The number of carbonyl (C=O) groups is 1. The number of aliphatic carboxylic acids is 1. The second kappa shape index (κ2) is 14.2. The number of nitrogens with zero attached hydrogens (tertiary/aromatic N) is 2. The minimum absolute atomic E-state index is 0.101. The average molecular weight is 675 g/mol. The third kappa shape index (κ3) is 8.85. The summed E-state index contributed by atoms with van der Waals surface area (Å²) in [6, 6.07) is 15.9. The van der Waals surface area contributed by atoms with Gasteiger partial charge in [0.25, 0.3) is 0 Å². The van der Waals surface area contributed by atoms with Gasteiger partial charge in [0.15, 0.2) is 0 Å². The maximum absolute atomic E-state index is 14.2. The van der Waals surface area contributed by atoms with Gasteiger partial charge in [-0.1, -0.05) is 24.3 Å². The van der Waals surface area contributed by atoms with Crippen LogP contribution in [0.5, 0.6) is 11.5 Å². The monoisotopic (exact) mass is 674 g/mol. The minimum atomic E-state index is -4.33. The molecule has 3 fully saturated rings. The molecule has 0 radical (unpaired) electrons. The lowest BCUT2D eigenvalue weighted by atomic mass is 9.61. The van der Waals surface area contributed by atoms with Crippen LogP contribution in [0.1, 0.15) is 83.8 Å². The molecule has 1 aliphatic carbocycles. The molecule has 2 aliphatic heterocycles. The van der Waals surface area contributed by atoms with Crippen molar-refractivity contribution in [1.82, 2.24) is 9.80 Å². The maximum Gasteiger partial charge on any atom is 0.395 e. The highest BCUT2D eigenvalue weighted by Crippen LogP contribution is 2.50. The summed E-state index contributed by atoms with van der Waals surface area (Å²) in [7, 11) is 1.64. The van der Waals surface area contributed by atoms with Crippen molar-refractivity contribution in [2.45, 2.75) is 102 Å². The molecule has 2 aromatic rings. The Bertz CT molecular complexity index is 1360. The molecule has 3 aliphatic rings. The summed E-state index contributed by atoms with van der Waals surface area (Å²) in [6.07, 6.45) is 2.00. The fraction of sp³-hybridized carbons (Fsp3) is 0.658. The number of piperidine rings is 1. The zero-order chi connectivity index (χ0) is 34.8. The van der Waals surface area contributed by atoms with Gasteiger partial charge < -0.3 is 19.3 Å². The number of likely N-dealkylation sites (tertiary alicyclic amines) is 1. The molecule has 48 heavy (non-hydrogen) atoms. The van der Waals surface area contributed by atoms with E-state index in [2.05, 4.69) is 26.0 Å². The molecular weight excluding hydrogens is 621 g/mol. The van der Waals surface area contributed by atoms with E-state index < -0.39 is 17.6 Å². The lowest BCUT2D eigenvalue weighted by molar-refractivity contribution is -0.217. The maximum atomic E-state index is 14.2. The highest BCUT2D eigenvalue weighted by Gasteiger charge is 2.49. The lowest BCUT2D eigenvalue weighted by Crippen LogP contribution is -2.51. The van der Waals surface area contributed by atoms with Gasteiger partial charge in [0.2, 0.25) is 0 Å². The Kier molecular flexibility index (Phi) is 10.8. The molecule has 2 saturated heterocycles. The predicted octanol–water partition coefficient (Wildman–Crippen LogP) is 7.71. The van der Waals surface area contributed by atoms with Crippen LogP contribution in [-0.4, -0.2) is 85.2 Å². The molecule has 2 heterocycles. The van der Waals surface area contributed by atoms with E-state index in [1.807, 2.05) is 46.2 Å². The van der Waals surface area contributed by atoms with E-state index in [-0.39, 0.29) is 35.6 Å². The fourth-order valence-electron chi connectivity index (χ4n) is 8.16. The number of carboxylic acids is 1. The van der Waals surface area contributed by atoms with E-state index in [9.17, 15) is 18.0 Å². The fourth-order valence-corrected chi connectivity index (χ4v) is 8.16. The number of ether oxygens (including phenoxy) is 3. The third-order valence-electron chi connectivity index (χ3n) is 11.1. The van der Waals surface area contributed by atoms with E-state index in [0.717, 1.165) is 68.7 Å². The first-order valence-electron chi connectivity index (χ1n) is 17.3. The summed E-state index contributed by atoms with van der Waals surface area (Å²) in [5.41, 5.74) is -0.0978. The van der Waals surface area contributed by atoms with Crippen LogP contribution in [-0.2, 0) is 21.5 Å². The first-order chi connectivity index (χ1) is 22.5. The molecule has 0 bridgehead atoms. The van der Waals surface area contributed by atoms with Crippen LogP contribution >= 0.6 is 0 Å². The molecule has 7 nitrogen and oxygen atoms in total. The van der Waals surface area contributed by atoms with Crippen LogP contribution in [0, 0.1) is 10.8 Å². The quantitative estimate of drug-likeness (QED) is 0.233. The van der Waals surface area contributed by atoms with Crippen LogP contribution in [0.4, 0.5) is 13.2 Å². The summed E-state index contributed by atoms with van der Waals surface area (Å²) < 4.78 is 60.3. The summed E-state index contributed by atoms with van der Waals surface area (Å²) in [5.74, 6) is 0.764. The SMILES string of the molecule is COc1ccc([C@]2(CCN(Cc3ccc(OC4CC5(CCN(CC(=O)O)CC5)C4)cc3)CC(C)(C)C(F)(F)F)CCOC(C)(C)C2)cc1. The zero-order valence-corrected chi connectivity index (χ0v) is 29.2. The Morgan fingerprint density at radius 1 is 1.00 bits per heavy atom. The Morgan fingerprint density at radius 2 is 1.62 bits per heavy atom. The summed E-state index contributed by atoms with van der Waals surface area (Å²) in [4.78, 5) is 15.0. The van der Waals surface area contributed by atoms with Gasteiger partial charge in [-0.15, -0.1) is 0 Å². The zero-order valence-electron chi connectivity index (χ0n) is 29.2. The number of hydrogen-bond acceptors (Lipinski definition) is 6. The number of hydrogen-bond donors (Lipinski definition) is 1. The highest BCUT2D eigenvalue weighted by atomic mass is 19.4. The molecule has 10 heteroatoms. The molecular formula is C38H53F3N2O5. The number of halogens is 3. The van der Waals surface area contributed by atoms with Crippen LogP contribution in [0.3, 0.4) is 0 Å². The Morgan fingerprint density at radius 3 is 2.19 bits per heavy atom. The van der Waals surface area contributed by atoms with Gasteiger partial charge in [0, 0.05) is 25.1 Å². The molecule has 1 saturated carbocycles. The number of rotatable bonds is 13. The van der Waals surface area contributed by atoms with Crippen molar-refractivity contribution in [1.29, 1.82) is 0 Å². The van der Waals surface area contributed by atoms with Crippen LogP contribution in [0.25, 0.3) is 0 Å². The number of alkyl halides is 3. The van der Waals surface area contributed by atoms with Crippen molar-refractivity contribution in [2.75, 3.05) is 46.4 Å². The molecule has 2 aromatic carbocycles. The average Bonchev–Trinajstić information content (AvgIpc) is 2.99. The Labute approximate surface area is 283 Å². The normalized spacial score (nSPS) is 23.2. The number of carboxylic acid groups (broad SMARTS) is 1. The smallest absolute Gasteiger partial charge is 0.395 e.